The van der Waals surface area contributed by atoms with Crippen molar-refractivity contribution in [3.63, 3.8) is 0 Å². The third-order valence-corrected chi connectivity index (χ3v) is 5.63. The first kappa shape index (κ1) is 23.4. The average Bonchev–Trinajstić information content (AvgIpc) is 2.79. The van der Waals surface area contributed by atoms with Gasteiger partial charge >= 0.3 is 0 Å². The van der Waals surface area contributed by atoms with Crippen LogP contribution >= 0.6 is 11.6 Å². The molecule has 3 rings (SSSR count). The highest BCUT2D eigenvalue weighted by molar-refractivity contribution is 6.32. The first-order valence-electron chi connectivity index (χ1n) is 10.7. The van der Waals surface area contributed by atoms with Gasteiger partial charge in [0.15, 0.2) is 11.5 Å². The summed E-state index contributed by atoms with van der Waals surface area (Å²) in [5.74, 6) is 0.718. The maximum Gasteiger partial charge on any atom is 0.251 e. The number of carbonyl (C=O) groups is 1. The second-order valence-corrected chi connectivity index (χ2v) is 8.03. The van der Waals surface area contributed by atoms with Crippen molar-refractivity contribution in [3.8, 4) is 11.5 Å². The van der Waals surface area contributed by atoms with Crippen molar-refractivity contribution in [2.24, 2.45) is 0 Å². The third kappa shape index (κ3) is 6.12. The van der Waals surface area contributed by atoms with E-state index in [1.807, 2.05) is 6.92 Å². The van der Waals surface area contributed by atoms with Crippen LogP contribution in [-0.2, 0) is 4.74 Å². The fourth-order valence-electron chi connectivity index (χ4n) is 3.62. The molecule has 6 nitrogen and oxygen atoms in total. The van der Waals surface area contributed by atoms with E-state index in [2.05, 4.69) is 41.4 Å². The number of morpholine rings is 1. The molecule has 168 valence electrons. The molecule has 1 aliphatic rings. The number of hydrogen-bond donors (Lipinski definition) is 1. The monoisotopic (exact) mass is 446 g/mol. The van der Waals surface area contributed by atoms with Crippen LogP contribution < -0.4 is 14.8 Å². The molecule has 1 N–H and O–H groups in total. The van der Waals surface area contributed by atoms with Gasteiger partial charge in [0, 0.05) is 25.2 Å². The maximum absolute atomic E-state index is 13.0. The number of ether oxygens (including phenoxy) is 3. The minimum Gasteiger partial charge on any atom is -0.493 e. The molecule has 7 heteroatoms. The fraction of sp³-hybridized carbons (Fsp3) is 0.458. The number of nitrogens with zero attached hydrogens (tertiary/aromatic N) is 1. The van der Waals surface area contributed by atoms with Gasteiger partial charge in [0.1, 0.15) is 0 Å². The van der Waals surface area contributed by atoms with Crippen molar-refractivity contribution in [2.75, 3.05) is 46.6 Å². The van der Waals surface area contributed by atoms with Crippen LogP contribution in [0, 0.1) is 6.92 Å². The molecule has 0 radical (unpaired) electrons. The molecule has 31 heavy (non-hydrogen) atoms. The number of halogens is 1. The summed E-state index contributed by atoms with van der Waals surface area (Å²) in [5, 5.41) is 3.44. The number of hydrogen-bond acceptors (Lipinski definition) is 5. The lowest BCUT2D eigenvalue weighted by Crippen LogP contribution is -2.43. The van der Waals surface area contributed by atoms with Crippen molar-refractivity contribution in [3.05, 3.63) is 58.1 Å². The zero-order valence-corrected chi connectivity index (χ0v) is 19.2. The van der Waals surface area contributed by atoms with Gasteiger partial charge in [0.2, 0.25) is 0 Å². The molecule has 1 saturated heterocycles. The van der Waals surface area contributed by atoms with E-state index >= 15 is 0 Å². The predicted octanol–water partition coefficient (Wildman–Crippen LogP) is 4.25. The van der Waals surface area contributed by atoms with Crippen LogP contribution in [0.3, 0.4) is 0 Å². The number of benzene rings is 2. The minimum absolute atomic E-state index is 0.0676. The summed E-state index contributed by atoms with van der Waals surface area (Å²) in [5.41, 5.74) is 2.82. The largest absolute Gasteiger partial charge is 0.493 e. The minimum atomic E-state index is -0.201. The number of amides is 1. The number of rotatable bonds is 9. The normalized spacial score (nSPS) is 15.4. The molecule has 0 aliphatic carbocycles. The molecule has 1 aliphatic heterocycles. The van der Waals surface area contributed by atoms with Crippen molar-refractivity contribution >= 4 is 17.5 Å². The summed E-state index contributed by atoms with van der Waals surface area (Å²) in [4.78, 5) is 15.3. The predicted molar refractivity (Wildman–Crippen MR) is 122 cm³/mol. The topological polar surface area (TPSA) is 60.0 Å². The number of carbonyl (C=O) groups excluding carboxylic acids is 1. The maximum atomic E-state index is 13.0. The molecular formula is C24H31ClN2O4. The fourth-order valence-corrected chi connectivity index (χ4v) is 3.89. The van der Waals surface area contributed by atoms with E-state index in [9.17, 15) is 4.79 Å². The highest BCUT2D eigenvalue weighted by atomic mass is 35.5. The zero-order valence-electron chi connectivity index (χ0n) is 18.4. The summed E-state index contributed by atoms with van der Waals surface area (Å²) >= 11 is 6.38. The quantitative estimate of drug-likeness (QED) is 0.624. The molecule has 1 unspecified atom stereocenters. The number of nitrogens with one attached hydrogen (secondary N) is 1. The number of methoxy groups -OCH3 is 1. The Labute approximate surface area is 189 Å². The SMILES string of the molecule is CCCOc1c(Cl)cc(C(=O)NCC(c2ccc(C)cc2)N2CCOCC2)cc1OC. The van der Waals surface area contributed by atoms with Crippen molar-refractivity contribution < 1.29 is 19.0 Å². The molecule has 0 aromatic heterocycles. The Kier molecular flexibility index (Phi) is 8.58. The lowest BCUT2D eigenvalue weighted by atomic mass is 10.0. The van der Waals surface area contributed by atoms with Crippen molar-refractivity contribution in [1.29, 1.82) is 0 Å². The Bertz CT molecular complexity index is 867. The highest BCUT2D eigenvalue weighted by Gasteiger charge is 2.24. The second-order valence-electron chi connectivity index (χ2n) is 7.62. The number of aryl methyl sites for hydroxylation is 1. The van der Waals surface area contributed by atoms with E-state index < -0.39 is 0 Å². The Balaban J connectivity index is 1.75. The molecular weight excluding hydrogens is 416 g/mol. The van der Waals surface area contributed by atoms with Crippen molar-refractivity contribution in [2.45, 2.75) is 26.3 Å². The summed E-state index contributed by atoms with van der Waals surface area (Å²) in [6.07, 6.45) is 0.851. The van der Waals surface area contributed by atoms with Crippen molar-refractivity contribution in [1.82, 2.24) is 10.2 Å². The third-order valence-electron chi connectivity index (χ3n) is 5.35. The first-order chi connectivity index (χ1) is 15.0. The second kappa shape index (κ2) is 11.4. The van der Waals surface area contributed by atoms with Gasteiger partial charge in [0.25, 0.3) is 5.91 Å². The van der Waals surface area contributed by atoms with Crippen LogP contribution in [0.15, 0.2) is 36.4 Å². The molecule has 2 aromatic rings. The summed E-state index contributed by atoms with van der Waals surface area (Å²) in [7, 11) is 1.54. The summed E-state index contributed by atoms with van der Waals surface area (Å²) in [6, 6.07) is 11.8. The molecule has 0 saturated carbocycles. The lowest BCUT2D eigenvalue weighted by Gasteiger charge is -2.35. The van der Waals surface area contributed by atoms with Gasteiger partial charge < -0.3 is 19.5 Å². The van der Waals surface area contributed by atoms with E-state index in [4.69, 9.17) is 25.8 Å². The van der Waals surface area contributed by atoms with Gasteiger partial charge in [-0.2, -0.15) is 0 Å². The lowest BCUT2D eigenvalue weighted by molar-refractivity contribution is 0.0162. The molecule has 0 bridgehead atoms. The molecule has 0 spiro atoms. The smallest absolute Gasteiger partial charge is 0.251 e. The van der Waals surface area contributed by atoms with Gasteiger partial charge in [-0.3, -0.25) is 9.69 Å². The molecule has 1 fully saturated rings. The molecule has 1 amide bonds. The van der Waals surface area contributed by atoms with Gasteiger partial charge in [-0.15, -0.1) is 0 Å². The van der Waals surface area contributed by atoms with Crippen LogP contribution in [-0.4, -0.2) is 57.4 Å². The van der Waals surface area contributed by atoms with E-state index in [1.54, 1.807) is 12.1 Å². The van der Waals surface area contributed by atoms with E-state index in [0.29, 0.717) is 48.5 Å². The van der Waals surface area contributed by atoms with Gasteiger partial charge in [-0.05, 0) is 31.0 Å². The average molecular weight is 447 g/mol. The molecule has 1 atom stereocenters. The van der Waals surface area contributed by atoms with Gasteiger partial charge in [0.05, 0.1) is 38.0 Å². The van der Waals surface area contributed by atoms with Crippen LogP contribution in [0.25, 0.3) is 0 Å². The van der Waals surface area contributed by atoms with E-state index in [1.165, 1.54) is 18.2 Å². The molecule has 1 heterocycles. The van der Waals surface area contributed by atoms with Crippen LogP contribution in [0.5, 0.6) is 11.5 Å². The van der Waals surface area contributed by atoms with E-state index in [0.717, 1.165) is 19.5 Å². The summed E-state index contributed by atoms with van der Waals surface area (Å²) < 4.78 is 16.6. The summed E-state index contributed by atoms with van der Waals surface area (Å²) in [6.45, 7) is 8.15. The Morgan fingerprint density at radius 1 is 1.23 bits per heavy atom. The highest BCUT2D eigenvalue weighted by Crippen LogP contribution is 2.36. The van der Waals surface area contributed by atoms with E-state index in [-0.39, 0.29) is 11.9 Å². The zero-order chi connectivity index (χ0) is 22.2. The standard InChI is InChI=1S/C24H31ClN2O4/c1-4-11-31-23-20(25)14-19(15-22(23)29-3)24(28)26-16-21(27-9-12-30-13-10-27)18-7-5-17(2)6-8-18/h5-8,14-15,21H,4,9-13,16H2,1-3H3,(H,26,28). The molecule has 2 aromatic carbocycles. The first-order valence-corrected chi connectivity index (χ1v) is 11.1. The van der Waals surface area contributed by atoms with Crippen LogP contribution in [0.2, 0.25) is 5.02 Å². The van der Waals surface area contributed by atoms with Crippen LogP contribution in [0.1, 0.15) is 40.9 Å². The van der Waals surface area contributed by atoms with Gasteiger partial charge in [-0.1, -0.05) is 48.4 Å². The van der Waals surface area contributed by atoms with Crippen LogP contribution in [0.4, 0.5) is 0 Å². The Morgan fingerprint density at radius 3 is 2.58 bits per heavy atom. The Morgan fingerprint density at radius 2 is 1.94 bits per heavy atom. The Hall–Kier alpha value is -2.28. The van der Waals surface area contributed by atoms with Gasteiger partial charge in [-0.25, -0.2) is 0 Å².